The number of benzene rings is 1. The van der Waals surface area contributed by atoms with Gasteiger partial charge in [-0.05, 0) is 67.8 Å². The molecule has 0 aliphatic rings. The average molecular weight is 343 g/mol. The molecule has 0 atom stereocenters. The third-order valence-corrected chi connectivity index (χ3v) is 3.48. The quantitative estimate of drug-likeness (QED) is 0.567. The van der Waals surface area contributed by atoms with Gasteiger partial charge in [0.25, 0.3) is 0 Å². The van der Waals surface area contributed by atoms with Crippen LogP contribution >= 0.6 is 22.6 Å². The van der Waals surface area contributed by atoms with Gasteiger partial charge in [-0.1, -0.05) is 12.1 Å². The van der Waals surface area contributed by atoms with Crippen LogP contribution in [0.2, 0.25) is 0 Å². The zero-order valence-corrected chi connectivity index (χ0v) is 12.5. The standard InChI is InChI=1S/C14H18INO/c1-14(2,11-16)9-5-6-10-17-13-8-4-3-7-12(13)15/h3-4,7-8H,5-6,9-10H2,1-2H3. The first-order valence-corrected chi connectivity index (χ1v) is 6.92. The van der Waals surface area contributed by atoms with Crippen molar-refractivity contribution in [3.05, 3.63) is 27.8 Å². The molecule has 0 amide bonds. The van der Waals surface area contributed by atoms with Gasteiger partial charge in [-0.2, -0.15) is 5.26 Å². The van der Waals surface area contributed by atoms with E-state index in [-0.39, 0.29) is 5.41 Å². The summed E-state index contributed by atoms with van der Waals surface area (Å²) in [5.74, 6) is 0.952. The van der Waals surface area contributed by atoms with E-state index in [0.717, 1.165) is 35.2 Å². The van der Waals surface area contributed by atoms with Gasteiger partial charge in [0.05, 0.1) is 21.7 Å². The molecule has 1 aromatic rings. The van der Waals surface area contributed by atoms with Crippen molar-refractivity contribution in [2.75, 3.05) is 6.61 Å². The number of unbranched alkanes of at least 4 members (excludes halogenated alkanes) is 1. The molecule has 1 aromatic carbocycles. The zero-order valence-electron chi connectivity index (χ0n) is 10.4. The molecule has 3 heteroatoms. The van der Waals surface area contributed by atoms with Crippen LogP contribution in [0.3, 0.4) is 0 Å². The van der Waals surface area contributed by atoms with Gasteiger partial charge < -0.3 is 4.74 Å². The minimum atomic E-state index is -0.207. The summed E-state index contributed by atoms with van der Waals surface area (Å²) in [6, 6.07) is 10.3. The first kappa shape index (κ1) is 14.3. The molecule has 0 bridgehead atoms. The van der Waals surface area contributed by atoms with Crippen molar-refractivity contribution in [1.82, 2.24) is 0 Å². The lowest BCUT2D eigenvalue weighted by Crippen LogP contribution is -2.08. The van der Waals surface area contributed by atoms with E-state index in [0.29, 0.717) is 0 Å². The Bertz CT molecular complexity index is 395. The number of nitrogens with zero attached hydrogens (tertiary/aromatic N) is 1. The first-order chi connectivity index (χ1) is 8.05. The molecule has 2 nitrogen and oxygen atoms in total. The van der Waals surface area contributed by atoms with E-state index in [1.165, 1.54) is 0 Å². The van der Waals surface area contributed by atoms with E-state index in [1.807, 2.05) is 38.1 Å². The van der Waals surface area contributed by atoms with Crippen LogP contribution in [0.25, 0.3) is 0 Å². The molecule has 0 N–H and O–H groups in total. The molecular formula is C14H18INO. The lowest BCUT2D eigenvalue weighted by Gasteiger charge is -2.14. The fraction of sp³-hybridized carbons (Fsp3) is 0.500. The molecule has 0 aliphatic heterocycles. The predicted octanol–water partition coefficient (Wildman–Crippen LogP) is 4.39. The summed E-state index contributed by atoms with van der Waals surface area (Å²) in [6.45, 7) is 4.68. The number of rotatable bonds is 6. The van der Waals surface area contributed by atoms with E-state index in [4.69, 9.17) is 10.00 Å². The van der Waals surface area contributed by atoms with E-state index >= 15 is 0 Å². The molecule has 0 radical (unpaired) electrons. The molecular weight excluding hydrogens is 325 g/mol. The summed E-state index contributed by atoms with van der Waals surface area (Å²) in [6.07, 6.45) is 2.96. The number of para-hydroxylation sites is 1. The number of ether oxygens (including phenoxy) is 1. The summed E-state index contributed by atoms with van der Waals surface area (Å²) >= 11 is 2.27. The monoisotopic (exact) mass is 343 g/mol. The molecule has 0 saturated carbocycles. The average Bonchev–Trinajstić information content (AvgIpc) is 2.31. The van der Waals surface area contributed by atoms with Gasteiger partial charge in [0.1, 0.15) is 5.75 Å². The second kappa shape index (κ2) is 6.85. The Hall–Kier alpha value is -0.760. The van der Waals surface area contributed by atoms with Crippen LogP contribution in [0.5, 0.6) is 5.75 Å². The fourth-order valence-electron chi connectivity index (χ4n) is 1.47. The number of halogens is 1. The normalized spacial score (nSPS) is 10.9. The highest BCUT2D eigenvalue weighted by Gasteiger charge is 2.15. The van der Waals surface area contributed by atoms with E-state index in [1.54, 1.807) is 0 Å². The van der Waals surface area contributed by atoms with E-state index in [2.05, 4.69) is 28.7 Å². The molecule has 0 spiro atoms. The summed E-state index contributed by atoms with van der Waals surface area (Å²) < 4.78 is 6.84. The molecule has 0 aromatic heterocycles. The third-order valence-electron chi connectivity index (χ3n) is 2.59. The second-order valence-electron chi connectivity index (χ2n) is 4.73. The highest BCUT2D eigenvalue weighted by molar-refractivity contribution is 14.1. The highest BCUT2D eigenvalue weighted by Crippen LogP contribution is 2.23. The van der Waals surface area contributed by atoms with Crippen molar-refractivity contribution in [3.8, 4) is 11.8 Å². The number of nitriles is 1. The van der Waals surface area contributed by atoms with Crippen LogP contribution < -0.4 is 4.74 Å². The summed E-state index contributed by atoms with van der Waals surface area (Å²) in [7, 11) is 0. The van der Waals surface area contributed by atoms with Gasteiger partial charge in [-0.15, -0.1) is 0 Å². The van der Waals surface area contributed by atoms with Crippen molar-refractivity contribution >= 4 is 22.6 Å². The Morgan fingerprint density at radius 2 is 2.00 bits per heavy atom. The molecule has 1 rings (SSSR count). The minimum absolute atomic E-state index is 0.207. The molecule has 0 heterocycles. The topological polar surface area (TPSA) is 33.0 Å². The molecule has 17 heavy (non-hydrogen) atoms. The highest BCUT2D eigenvalue weighted by atomic mass is 127. The van der Waals surface area contributed by atoms with Crippen molar-refractivity contribution in [3.63, 3.8) is 0 Å². The van der Waals surface area contributed by atoms with Gasteiger partial charge in [-0.3, -0.25) is 0 Å². The minimum Gasteiger partial charge on any atom is -0.492 e. The van der Waals surface area contributed by atoms with Crippen LogP contribution in [0.1, 0.15) is 33.1 Å². The maximum absolute atomic E-state index is 8.88. The fourth-order valence-corrected chi connectivity index (χ4v) is 2.01. The number of hydrogen-bond donors (Lipinski definition) is 0. The Morgan fingerprint density at radius 1 is 1.29 bits per heavy atom. The molecule has 92 valence electrons. The molecule has 0 saturated heterocycles. The Labute approximate surface area is 117 Å². The van der Waals surface area contributed by atoms with Gasteiger partial charge in [0, 0.05) is 0 Å². The van der Waals surface area contributed by atoms with Gasteiger partial charge in [-0.25, -0.2) is 0 Å². The third kappa shape index (κ3) is 5.40. The van der Waals surface area contributed by atoms with Crippen LogP contribution in [-0.4, -0.2) is 6.61 Å². The second-order valence-corrected chi connectivity index (χ2v) is 5.89. The first-order valence-electron chi connectivity index (χ1n) is 5.84. The smallest absolute Gasteiger partial charge is 0.132 e. The zero-order chi connectivity index (χ0) is 12.7. The van der Waals surface area contributed by atoms with Crippen molar-refractivity contribution in [1.29, 1.82) is 5.26 Å². The lowest BCUT2D eigenvalue weighted by molar-refractivity contribution is 0.293. The van der Waals surface area contributed by atoms with Crippen molar-refractivity contribution < 1.29 is 4.74 Å². The van der Waals surface area contributed by atoms with Gasteiger partial charge in [0.15, 0.2) is 0 Å². The predicted molar refractivity (Wildman–Crippen MR) is 77.9 cm³/mol. The summed E-state index contributed by atoms with van der Waals surface area (Å²) in [5, 5.41) is 8.88. The number of hydrogen-bond acceptors (Lipinski definition) is 2. The maximum Gasteiger partial charge on any atom is 0.132 e. The van der Waals surface area contributed by atoms with Crippen molar-refractivity contribution in [2.45, 2.75) is 33.1 Å². The molecule has 0 fully saturated rings. The van der Waals surface area contributed by atoms with E-state index < -0.39 is 0 Å². The van der Waals surface area contributed by atoms with Crippen LogP contribution in [-0.2, 0) is 0 Å². The van der Waals surface area contributed by atoms with Crippen LogP contribution in [0, 0.1) is 20.3 Å². The lowest BCUT2D eigenvalue weighted by atomic mass is 9.89. The Kier molecular flexibility index (Phi) is 5.76. The van der Waals surface area contributed by atoms with Crippen LogP contribution in [0.4, 0.5) is 0 Å². The maximum atomic E-state index is 8.88. The molecule has 0 aliphatic carbocycles. The largest absolute Gasteiger partial charge is 0.492 e. The van der Waals surface area contributed by atoms with Crippen molar-refractivity contribution in [2.24, 2.45) is 5.41 Å². The Balaban J connectivity index is 2.22. The molecule has 0 unspecified atom stereocenters. The van der Waals surface area contributed by atoms with Gasteiger partial charge in [0.2, 0.25) is 0 Å². The van der Waals surface area contributed by atoms with Gasteiger partial charge >= 0.3 is 0 Å². The summed E-state index contributed by atoms with van der Waals surface area (Å²) in [5.41, 5.74) is -0.207. The van der Waals surface area contributed by atoms with E-state index in [9.17, 15) is 0 Å². The summed E-state index contributed by atoms with van der Waals surface area (Å²) in [4.78, 5) is 0. The van der Waals surface area contributed by atoms with Crippen LogP contribution in [0.15, 0.2) is 24.3 Å². The SMILES string of the molecule is CC(C)(C#N)CCCCOc1ccccc1I. The Morgan fingerprint density at radius 3 is 2.65 bits per heavy atom.